The summed E-state index contributed by atoms with van der Waals surface area (Å²) in [6.07, 6.45) is 2.40. The first-order valence-corrected chi connectivity index (χ1v) is 9.38. The van der Waals surface area contributed by atoms with Gasteiger partial charge in [-0.25, -0.2) is 4.98 Å². The van der Waals surface area contributed by atoms with Crippen LogP contribution in [0.4, 0.5) is 0 Å². The first kappa shape index (κ1) is 17.2. The standard InChI is InChI=1S/C18H26N4OS/c1-12(2)19-17(23)9-15-10-22-8-7-21(14(4)18(22)20-15)11-16-6-5-13(3)24-16/h5-6,10,12,14H,7-9,11H2,1-4H3,(H,19,23)/t14-/m0/s1. The lowest BCUT2D eigenvalue weighted by atomic mass is 10.2. The molecule has 24 heavy (non-hydrogen) atoms. The number of carbonyl (C=O) groups is 1. The van der Waals surface area contributed by atoms with Gasteiger partial charge in [-0.15, -0.1) is 11.3 Å². The van der Waals surface area contributed by atoms with E-state index in [2.05, 4.69) is 40.8 Å². The van der Waals surface area contributed by atoms with Crippen molar-refractivity contribution < 1.29 is 4.79 Å². The van der Waals surface area contributed by atoms with Gasteiger partial charge in [0.1, 0.15) is 5.82 Å². The summed E-state index contributed by atoms with van der Waals surface area (Å²) in [5.74, 6) is 1.11. The number of aromatic nitrogens is 2. The summed E-state index contributed by atoms with van der Waals surface area (Å²) in [7, 11) is 0. The quantitative estimate of drug-likeness (QED) is 0.906. The van der Waals surface area contributed by atoms with Crippen molar-refractivity contribution in [3.63, 3.8) is 0 Å². The maximum atomic E-state index is 12.0. The van der Waals surface area contributed by atoms with E-state index in [0.29, 0.717) is 6.42 Å². The van der Waals surface area contributed by atoms with Crippen LogP contribution in [0.5, 0.6) is 0 Å². The van der Waals surface area contributed by atoms with Crippen LogP contribution in [0, 0.1) is 6.92 Å². The molecular formula is C18H26N4OS. The van der Waals surface area contributed by atoms with Crippen LogP contribution in [0.2, 0.25) is 0 Å². The van der Waals surface area contributed by atoms with Gasteiger partial charge < -0.3 is 9.88 Å². The summed E-state index contributed by atoms with van der Waals surface area (Å²) in [6, 6.07) is 4.83. The molecule has 0 aliphatic carbocycles. The molecule has 3 rings (SSSR count). The van der Waals surface area contributed by atoms with Crippen molar-refractivity contribution in [3.8, 4) is 0 Å². The zero-order chi connectivity index (χ0) is 17.3. The van der Waals surface area contributed by atoms with Crippen molar-refractivity contribution in [2.24, 2.45) is 0 Å². The van der Waals surface area contributed by atoms with Crippen LogP contribution in [0.15, 0.2) is 18.3 Å². The molecule has 2 aromatic heterocycles. The van der Waals surface area contributed by atoms with E-state index in [1.54, 1.807) is 0 Å². The molecule has 1 N–H and O–H groups in total. The van der Waals surface area contributed by atoms with Crippen LogP contribution >= 0.6 is 11.3 Å². The van der Waals surface area contributed by atoms with E-state index in [1.165, 1.54) is 9.75 Å². The van der Waals surface area contributed by atoms with Gasteiger partial charge >= 0.3 is 0 Å². The third-order valence-corrected chi connectivity index (χ3v) is 5.34. The number of hydrogen-bond acceptors (Lipinski definition) is 4. The van der Waals surface area contributed by atoms with E-state index < -0.39 is 0 Å². The third-order valence-electron chi connectivity index (χ3n) is 4.35. The van der Waals surface area contributed by atoms with Crippen LogP contribution < -0.4 is 5.32 Å². The Morgan fingerprint density at radius 3 is 2.88 bits per heavy atom. The molecule has 0 saturated heterocycles. The number of hydrogen-bond donors (Lipinski definition) is 1. The van der Waals surface area contributed by atoms with Crippen molar-refractivity contribution in [1.82, 2.24) is 19.8 Å². The second-order valence-corrected chi connectivity index (χ2v) is 8.21. The maximum absolute atomic E-state index is 12.0. The topological polar surface area (TPSA) is 50.2 Å². The van der Waals surface area contributed by atoms with Gasteiger partial charge in [-0.2, -0.15) is 0 Å². The molecule has 0 radical (unpaired) electrons. The largest absolute Gasteiger partial charge is 0.354 e. The van der Waals surface area contributed by atoms with E-state index in [9.17, 15) is 4.79 Å². The van der Waals surface area contributed by atoms with Gasteiger partial charge in [0.25, 0.3) is 0 Å². The lowest BCUT2D eigenvalue weighted by Crippen LogP contribution is -2.36. The molecule has 2 aromatic rings. The average molecular weight is 347 g/mol. The summed E-state index contributed by atoms with van der Waals surface area (Å²) in [4.78, 5) is 21.9. The Morgan fingerprint density at radius 2 is 2.21 bits per heavy atom. The summed E-state index contributed by atoms with van der Waals surface area (Å²) >= 11 is 1.86. The van der Waals surface area contributed by atoms with Crippen molar-refractivity contribution in [3.05, 3.63) is 39.6 Å². The Kier molecular flexibility index (Phi) is 5.06. The normalized spacial score (nSPS) is 18.0. The Balaban J connectivity index is 1.68. The number of rotatable bonds is 5. The molecule has 0 bridgehead atoms. The molecule has 1 aliphatic heterocycles. The van der Waals surface area contributed by atoms with Gasteiger partial charge in [0, 0.05) is 41.6 Å². The minimum absolute atomic E-state index is 0.0408. The lowest BCUT2D eigenvalue weighted by Gasteiger charge is -2.33. The first-order chi connectivity index (χ1) is 11.4. The van der Waals surface area contributed by atoms with E-state index in [-0.39, 0.29) is 18.0 Å². The van der Waals surface area contributed by atoms with Crippen LogP contribution in [-0.4, -0.2) is 32.9 Å². The predicted octanol–water partition coefficient (Wildman–Crippen LogP) is 2.90. The zero-order valence-electron chi connectivity index (χ0n) is 14.9. The highest BCUT2D eigenvalue weighted by Crippen LogP contribution is 2.28. The summed E-state index contributed by atoms with van der Waals surface area (Å²) in [6.45, 7) is 11.2. The maximum Gasteiger partial charge on any atom is 0.226 e. The van der Waals surface area contributed by atoms with Crippen LogP contribution in [0.1, 0.15) is 48.1 Å². The highest BCUT2D eigenvalue weighted by Gasteiger charge is 2.26. The molecule has 0 saturated carbocycles. The number of amides is 1. The highest BCUT2D eigenvalue weighted by molar-refractivity contribution is 7.11. The highest BCUT2D eigenvalue weighted by atomic mass is 32.1. The minimum Gasteiger partial charge on any atom is -0.354 e. The van der Waals surface area contributed by atoms with Crippen molar-refractivity contribution >= 4 is 17.2 Å². The van der Waals surface area contributed by atoms with E-state index >= 15 is 0 Å². The number of imidazole rings is 1. The summed E-state index contributed by atoms with van der Waals surface area (Å²) < 4.78 is 2.21. The second kappa shape index (κ2) is 7.07. The number of fused-ring (bicyclic) bond motifs is 1. The van der Waals surface area contributed by atoms with E-state index in [4.69, 9.17) is 4.98 Å². The fourth-order valence-electron chi connectivity index (χ4n) is 3.20. The summed E-state index contributed by atoms with van der Waals surface area (Å²) in [5, 5.41) is 2.93. The SMILES string of the molecule is Cc1ccc(CN2CCn3cc(CC(=O)NC(C)C)nc3[C@@H]2C)s1. The number of nitrogens with one attached hydrogen (secondary N) is 1. The Bertz CT molecular complexity index is 718. The fraction of sp³-hybridized carbons (Fsp3) is 0.556. The second-order valence-electron chi connectivity index (χ2n) is 6.84. The van der Waals surface area contributed by atoms with E-state index in [1.807, 2.05) is 31.4 Å². The monoisotopic (exact) mass is 346 g/mol. The van der Waals surface area contributed by atoms with Gasteiger partial charge in [0.05, 0.1) is 18.2 Å². The third kappa shape index (κ3) is 3.87. The van der Waals surface area contributed by atoms with Crippen LogP contribution in [-0.2, 0) is 24.3 Å². The van der Waals surface area contributed by atoms with Gasteiger partial charge in [-0.05, 0) is 39.8 Å². The van der Waals surface area contributed by atoms with Crippen LogP contribution in [0.3, 0.4) is 0 Å². The minimum atomic E-state index is 0.0408. The molecule has 6 heteroatoms. The van der Waals surface area contributed by atoms with Crippen LogP contribution in [0.25, 0.3) is 0 Å². The number of nitrogens with zero attached hydrogens (tertiary/aromatic N) is 3. The molecule has 1 aliphatic rings. The van der Waals surface area contributed by atoms with Crippen molar-refractivity contribution in [2.45, 2.75) is 59.3 Å². The molecule has 130 valence electrons. The molecule has 0 spiro atoms. The lowest BCUT2D eigenvalue weighted by molar-refractivity contribution is -0.120. The Morgan fingerprint density at radius 1 is 1.42 bits per heavy atom. The number of carbonyl (C=O) groups excluding carboxylic acids is 1. The van der Waals surface area contributed by atoms with Gasteiger partial charge in [-0.1, -0.05) is 0 Å². The van der Waals surface area contributed by atoms with Crippen molar-refractivity contribution in [1.29, 1.82) is 0 Å². The van der Waals surface area contributed by atoms with Gasteiger partial charge in [-0.3, -0.25) is 9.69 Å². The Hall–Kier alpha value is -1.66. The van der Waals surface area contributed by atoms with Crippen molar-refractivity contribution in [2.75, 3.05) is 6.54 Å². The molecule has 0 unspecified atom stereocenters. The van der Waals surface area contributed by atoms with Gasteiger partial charge in [0.15, 0.2) is 0 Å². The molecule has 1 amide bonds. The smallest absolute Gasteiger partial charge is 0.226 e. The number of aryl methyl sites for hydroxylation is 1. The van der Waals surface area contributed by atoms with E-state index in [0.717, 1.165) is 31.2 Å². The molecule has 0 aromatic carbocycles. The number of thiophene rings is 1. The summed E-state index contributed by atoms with van der Waals surface area (Å²) in [5.41, 5.74) is 0.865. The Labute approximate surface area is 147 Å². The molecule has 0 fully saturated rings. The average Bonchev–Trinajstić information content (AvgIpc) is 3.07. The predicted molar refractivity (Wildman–Crippen MR) is 97.1 cm³/mol. The molecule has 1 atom stereocenters. The molecular weight excluding hydrogens is 320 g/mol. The molecule has 5 nitrogen and oxygen atoms in total. The fourth-order valence-corrected chi connectivity index (χ4v) is 4.12. The van der Waals surface area contributed by atoms with Gasteiger partial charge in [0.2, 0.25) is 5.91 Å². The molecule has 3 heterocycles. The zero-order valence-corrected chi connectivity index (χ0v) is 15.7. The first-order valence-electron chi connectivity index (χ1n) is 8.57.